The molecule has 0 unspecified atom stereocenters. The lowest BCUT2D eigenvalue weighted by Gasteiger charge is -2.03. The highest BCUT2D eigenvalue weighted by atomic mass is 16.3. The van der Waals surface area contributed by atoms with Crippen LogP contribution >= 0.6 is 0 Å². The van der Waals surface area contributed by atoms with E-state index in [1.54, 1.807) is 53.7 Å². The topological polar surface area (TPSA) is 65.8 Å². The zero-order valence-electron chi connectivity index (χ0n) is 13.2. The van der Waals surface area contributed by atoms with E-state index < -0.39 is 0 Å². The second kappa shape index (κ2) is 6.45. The first-order valence-electron chi connectivity index (χ1n) is 7.72. The van der Waals surface area contributed by atoms with Gasteiger partial charge in [0.25, 0.3) is 5.91 Å². The summed E-state index contributed by atoms with van der Waals surface area (Å²) in [5, 5.41) is 8.44. The third-order valence-electron chi connectivity index (χ3n) is 3.66. The van der Waals surface area contributed by atoms with Gasteiger partial charge in [-0.15, -0.1) is 0 Å². The Balaban J connectivity index is 1.51. The van der Waals surface area contributed by atoms with E-state index in [4.69, 9.17) is 4.42 Å². The molecule has 1 aromatic carbocycles. The van der Waals surface area contributed by atoms with Gasteiger partial charge < -0.3 is 4.42 Å². The highest BCUT2D eigenvalue weighted by Gasteiger charge is 2.10. The summed E-state index contributed by atoms with van der Waals surface area (Å²) in [6, 6.07) is 14.5. The monoisotopic (exact) mass is 330 g/mol. The molecule has 0 aliphatic heterocycles. The molecule has 0 fully saturated rings. The molecule has 122 valence electrons. The first-order chi connectivity index (χ1) is 12.3. The molecular weight excluding hydrogens is 316 g/mol. The quantitative estimate of drug-likeness (QED) is 0.574. The number of benzene rings is 1. The molecule has 0 radical (unpaired) electrons. The number of hydrogen-bond donors (Lipinski definition) is 0. The van der Waals surface area contributed by atoms with Crippen molar-refractivity contribution >= 4 is 18.1 Å². The van der Waals surface area contributed by atoms with Crippen LogP contribution in [0.4, 0.5) is 0 Å². The minimum atomic E-state index is -0.190. The van der Waals surface area contributed by atoms with Gasteiger partial charge in [0.15, 0.2) is 0 Å². The summed E-state index contributed by atoms with van der Waals surface area (Å²) in [7, 11) is 0. The first kappa shape index (κ1) is 14.9. The smallest absolute Gasteiger partial charge is 0.278 e. The minimum absolute atomic E-state index is 0.190. The van der Waals surface area contributed by atoms with Crippen LogP contribution < -0.4 is 0 Å². The summed E-state index contributed by atoms with van der Waals surface area (Å²) in [6.07, 6.45) is 10.4. The van der Waals surface area contributed by atoms with Crippen LogP contribution in [0.25, 0.3) is 17.8 Å². The van der Waals surface area contributed by atoms with Gasteiger partial charge in [0, 0.05) is 24.2 Å². The van der Waals surface area contributed by atoms with Gasteiger partial charge in [0.2, 0.25) is 0 Å². The molecule has 6 nitrogen and oxygen atoms in total. The van der Waals surface area contributed by atoms with Gasteiger partial charge in [0.1, 0.15) is 5.76 Å². The largest absolute Gasteiger partial charge is 0.465 e. The summed E-state index contributed by atoms with van der Waals surface area (Å²) in [5.74, 6) is 0.541. The van der Waals surface area contributed by atoms with Gasteiger partial charge >= 0.3 is 0 Å². The van der Waals surface area contributed by atoms with Crippen molar-refractivity contribution in [1.82, 2.24) is 19.6 Å². The summed E-state index contributed by atoms with van der Waals surface area (Å²) < 4.78 is 8.29. The number of carbonyl (C=O) groups is 1. The van der Waals surface area contributed by atoms with Crippen molar-refractivity contribution in [2.24, 2.45) is 0 Å². The molecule has 0 amide bonds. The average Bonchev–Trinajstić information content (AvgIpc) is 3.42. The van der Waals surface area contributed by atoms with Gasteiger partial charge in [-0.2, -0.15) is 10.2 Å². The van der Waals surface area contributed by atoms with E-state index in [0.29, 0.717) is 11.3 Å². The molecule has 3 heterocycles. The molecule has 0 atom stereocenters. The van der Waals surface area contributed by atoms with E-state index in [-0.39, 0.29) is 5.91 Å². The Kier molecular flexibility index (Phi) is 3.84. The Morgan fingerprint density at radius 1 is 1.00 bits per heavy atom. The minimum Gasteiger partial charge on any atom is -0.465 e. The number of rotatable bonds is 4. The predicted octanol–water partition coefficient (Wildman–Crippen LogP) is 3.52. The number of nitrogens with zero attached hydrogens (tertiary/aromatic N) is 4. The van der Waals surface area contributed by atoms with E-state index in [1.165, 1.54) is 4.68 Å². The lowest BCUT2D eigenvalue weighted by molar-refractivity contribution is 0.0945. The molecule has 0 bridgehead atoms. The van der Waals surface area contributed by atoms with Crippen molar-refractivity contribution in [3.63, 3.8) is 0 Å². The fraction of sp³-hybridized carbons (Fsp3) is 0. The first-order valence-corrected chi connectivity index (χ1v) is 7.72. The van der Waals surface area contributed by atoms with Crippen molar-refractivity contribution in [2.75, 3.05) is 0 Å². The molecule has 3 aromatic heterocycles. The number of furan rings is 1. The van der Waals surface area contributed by atoms with Crippen LogP contribution in [0.2, 0.25) is 0 Å². The van der Waals surface area contributed by atoms with Gasteiger partial charge in [0.05, 0.1) is 17.6 Å². The van der Waals surface area contributed by atoms with Gasteiger partial charge in [-0.3, -0.25) is 4.79 Å². The van der Waals surface area contributed by atoms with Crippen molar-refractivity contribution in [2.45, 2.75) is 0 Å². The number of carbonyl (C=O) groups excluding carboxylic acids is 1. The van der Waals surface area contributed by atoms with Crippen molar-refractivity contribution in [3.8, 4) is 5.69 Å². The second-order valence-electron chi connectivity index (χ2n) is 5.34. The maximum atomic E-state index is 12.5. The normalized spacial score (nSPS) is 11.2. The lowest BCUT2D eigenvalue weighted by atomic mass is 10.2. The molecule has 0 aliphatic carbocycles. The molecule has 4 rings (SSSR count). The van der Waals surface area contributed by atoms with Crippen molar-refractivity contribution < 1.29 is 9.21 Å². The van der Waals surface area contributed by atoms with E-state index in [9.17, 15) is 4.79 Å². The van der Waals surface area contributed by atoms with Gasteiger partial charge in [-0.25, -0.2) is 9.36 Å². The molecule has 4 aromatic rings. The fourth-order valence-electron chi connectivity index (χ4n) is 2.40. The van der Waals surface area contributed by atoms with Crippen LogP contribution in [0.1, 0.15) is 21.8 Å². The average molecular weight is 330 g/mol. The van der Waals surface area contributed by atoms with Crippen LogP contribution in [0.3, 0.4) is 0 Å². The molecule has 6 heteroatoms. The van der Waals surface area contributed by atoms with Crippen molar-refractivity contribution in [3.05, 3.63) is 90.4 Å². The standard InChI is InChI=1S/C19H14N4O2/c24-19(15-4-7-17(8-5-15)22-12-2-11-20-22)23-13-10-16(21-23)6-9-18-3-1-14-25-18/h1-14H/b9-6+. The Morgan fingerprint density at radius 2 is 1.88 bits per heavy atom. The Bertz CT molecular complexity index is 994. The molecule has 0 N–H and O–H groups in total. The number of aromatic nitrogens is 4. The summed E-state index contributed by atoms with van der Waals surface area (Å²) >= 11 is 0. The molecule has 0 aliphatic rings. The summed E-state index contributed by atoms with van der Waals surface area (Å²) in [4.78, 5) is 12.5. The molecule has 0 saturated carbocycles. The van der Waals surface area contributed by atoms with Crippen LogP contribution in [-0.4, -0.2) is 25.5 Å². The molecule has 25 heavy (non-hydrogen) atoms. The summed E-state index contributed by atoms with van der Waals surface area (Å²) in [5.41, 5.74) is 2.13. The number of hydrogen-bond acceptors (Lipinski definition) is 4. The zero-order chi connectivity index (χ0) is 17.1. The molecule has 0 saturated heterocycles. The third kappa shape index (κ3) is 3.18. The zero-order valence-corrected chi connectivity index (χ0v) is 13.2. The van der Waals surface area contributed by atoms with Crippen LogP contribution in [0.5, 0.6) is 0 Å². The highest BCUT2D eigenvalue weighted by Crippen LogP contribution is 2.11. The van der Waals surface area contributed by atoms with E-state index in [1.807, 2.05) is 36.5 Å². The SMILES string of the molecule is O=C(c1ccc(-n2cccn2)cc1)n1ccc(/C=C/c2ccco2)n1. The Labute approximate surface area is 143 Å². The maximum Gasteiger partial charge on any atom is 0.278 e. The second-order valence-corrected chi connectivity index (χ2v) is 5.34. The Morgan fingerprint density at radius 3 is 2.60 bits per heavy atom. The van der Waals surface area contributed by atoms with E-state index in [2.05, 4.69) is 10.2 Å². The van der Waals surface area contributed by atoms with Crippen molar-refractivity contribution in [1.29, 1.82) is 0 Å². The van der Waals surface area contributed by atoms with Crippen LogP contribution in [-0.2, 0) is 0 Å². The highest BCUT2D eigenvalue weighted by molar-refractivity contribution is 5.95. The van der Waals surface area contributed by atoms with Crippen LogP contribution in [0.15, 0.2) is 77.8 Å². The maximum absolute atomic E-state index is 12.5. The van der Waals surface area contributed by atoms with E-state index in [0.717, 1.165) is 11.4 Å². The van der Waals surface area contributed by atoms with Crippen LogP contribution in [0, 0.1) is 0 Å². The van der Waals surface area contributed by atoms with Gasteiger partial charge in [-0.1, -0.05) is 0 Å². The molecule has 0 spiro atoms. The molecular formula is C19H14N4O2. The predicted molar refractivity (Wildman–Crippen MR) is 93.2 cm³/mol. The van der Waals surface area contributed by atoms with Gasteiger partial charge in [-0.05, 0) is 60.7 Å². The lowest BCUT2D eigenvalue weighted by Crippen LogP contribution is -2.12. The fourth-order valence-corrected chi connectivity index (χ4v) is 2.40. The van der Waals surface area contributed by atoms with E-state index >= 15 is 0 Å². The summed E-state index contributed by atoms with van der Waals surface area (Å²) in [6.45, 7) is 0. The third-order valence-corrected chi connectivity index (χ3v) is 3.66. The Hall–Kier alpha value is -3.67.